The highest BCUT2D eigenvalue weighted by Gasteiger charge is 2.09. The minimum atomic E-state index is -0.495. The number of nitrogens with one attached hydrogen (secondary N) is 1. The molecule has 0 atom stereocenters. The highest BCUT2D eigenvalue weighted by atomic mass is 35.5. The average molecular weight is 376 g/mol. The Labute approximate surface area is 146 Å². The molecule has 2 aromatic carbocycles. The smallest absolute Gasteiger partial charge is 0.277 e. The molecule has 0 bridgehead atoms. The van der Waals surface area contributed by atoms with Crippen LogP contribution in [0.15, 0.2) is 41.5 Å². The zero-order chi connectivity index (χ0) is 16.8. The number of ether oxygens (including phenoxy) is 1. The number of nitrogens with zero attached hydrogens (tertiary/aromatic N) is 1. The maximum atomic E-state index is 12.7. The van der Waals surface area contributed by atoms with Crippen LogP contribution in [-0.2, 0) is 4.79 Å². The number of hydrogen-bond donors (Lipinski definition) is 1. The van der Waals surface area contributed by atoms with Gasteiger partial charge in [-0.25, -0.2) is 9.82 Å². The van der Waals surface area contributed by atoms with E-state index in [2.05, 4.69) is 10.5 Å². The second kappa shape index (κ2) is 8.15. The van der Waals surface area contributed by atoms with Gasteiger partial charge in [-0.15, -0.1) is 0 Å². The van der Waals surface area contributed by atoms with E-state index in [0.29, 0.717) is 5.56 Å². The van der Waals surface area contributed by atoms with Gasteiger partial charge < -0.3 is 4.74 Å². The zero-order valence-electron chi connectivity index (χ0n) is 11.5. The van der Waals surface area contributed by atoms with Gasteiger partial charge in [-0.2, -0.15) is 5.10 Å². The molecule has 0 heterocycles. The molecule has 1 amide bonds. The molecule has 0 spiro atoms. The van der Waals surface area contributed by atoms with Crippen LogP contribution >= 0.6 is 34.8 Å². The number of benzene rings is 2. The molecule has 0 aliphatic rings. The van der Waals surface area contributed by atoms with Gasteiger partial charge in [-0.05, 0) is 23.8 Å². The number of halogens is 4. The number of amides is 1. The van der Waals surface area contributed by atoms with Crippen molar-refractivity contribution < 1.29 is 13.9 Å². The fourth-order valence-electron chi connectivity index (χ4n) is 1.52. The summed E-state index contributed by atoms with van der Waals surface area (Å²) in [6.07, 6.45) is 1.38. The monoisotopic (exact) mass is 374 g/mol. The Balaban J connectivity index is 1.86. The van der Waals surface area contributed by atoms with Crippen molar-refractivity contribution in [2.45, 2.75) is 0 Å². The van der Waals surface area contributed by atoms with E-state index < -0.39 is 5.91 Å². The van der Waals surface area contributed by atoms with Crippen LogP contribution < -0.4 is 10.2 Å². The van der Waals surface area contributed by atoms with Crippen molar-refractivity contribution >= 4 is 46.9 Å². The van der Waals surface area contributed by atoms with Crippen LogP contribution in [0.25, 0.3) is 0 Å². The predicted molar refractivity (Wildman–Crippen MR) is 89.1 cm³/mol. The predicted octanol–water partition coefficient (Wildman–Crippen LogP) is 4.32. The van der Waals surface area contributed by atoms with E-state index in [-0.39, 0.29) is 33.2 Å². The molecule has 0 aromatic heterocycles. The van der Waals surface area contributed by atoms with Crippen molar-refractivity contribution in [1.29, 1.82) is 0 Å². The lowest BCUT2D eigenvalue weighted by molar-refractivity contribution is -0.123. The summed E-state index contributed by atoms with van der Waals surface area (Å²) in [7, 11) is 0. The molecule has 2 rings (SSSR count). The first-order chi connectivity index (χ1) is 11.0. The molecule has 1 N–H and O–H groups in total. The number of hydrazone groups is 1. The van der Waals surface area contributed by atoms with Crippen LogP contribution in [0.3, 0.4) is 0 Å². The minimum absolute atomic E-state index is 0.235. The molecule has 0 aliphatic carbocycles. The SMILES string of the molecule is O=C(COc1cc(Cl)c(Cl)cc1Cl)NN=Cc1ccc(F)cc1. The Morgan fingerprint density at radius 1 is 1.13 bits per heavy atom. The third-order valence-electron chi connectivity index (χ3n) is 2.61. The molecule has 0 unspecified atom stereocenters. The molecular weight excluding hydrogens is 366 g/mol. The van der Waals surface area contributed by atoms with Gasteiger partial charge in [-0.3, -0.25) is 4.79 Å². The third-order valence-corrected chi connectivity index (χ3v) is 3.62. The van der Waals surface area contributed by atoms with Gasteiger partial charge in [0.1, 0.15) is 11.6 Å². The second-order valence-corrected chi connectivity index (χ2v) is 5.55. The van der Waals surface area contributed by atoms with Crippen molar-refractivity contribution in [2.75, 3.05) is 6.61 Å². The first-order valence-corrected chi connectivity index (χ1v) is 7.44. The van der Waals surface area contributed by atoms with E-state index >= 15 is 0 Å². The molecule has 2 aromatic rings. The quantitative estimate of drug-likeness (QED) is 0.481. The summed E-state index contributed by atoms with van der Waals surface area (Å²) >= 11 is 17.6. The van der Waals surface area contributed by atoms with E-state index in [0.717, 1.165) is 0 Å². The molecule has 120 valence electrons. The van der Waals surface area contributed by atoms with Crippen LogP contribution in [0.4, 0.5) is 4.39 Å². The number of hydrogen-bond acceptors (Lipinski definition) is 3. The van der Waals surface area contributed by atoms with Crippen LogP contribution in [0.2, 0.25) is 15.1 Å². The molecule has 0 aliphatic heterocycles. The van der Waals surface area contributed by atoms with Gasteiger partial charge in [0, 0.05) is 6.07 Å². The van der Waals surface area contributed by atoms with Crippen LogP contribution in [0.1, 0.15) is 5.56 Å². The molecular formula is C15H10Cl3FN2O2. The van der Waals surface area contributed by atoms with E-state index in [4.69, 9.17) is 39.5 Å². The Kier molecular flexibility index (Phi) is 6.21. The summed E-state index contributed by atoms with van der Waals surface area (Å²) in [5.74, 6) is -0.609. The van der Waals surface area contributed by atoms with E-state index in [1.807, 2.05) is 0 Å². The normalized spacial score (nSPS) is 10.8. The Hall–Kier alpha value is -1.82. The van der Waals surface area contributed by atoms with Crippen LogP contribution in [0, 0.1) is 5.82 Å². The van der Waals surface area contributed by atoms with Crippen molar-refractivity contribution in [1.82, 2.24) is 5.43 Å². The summed E-state index contributed by atoms with van der Waals surface area (Å²) in [4.78, 5) is 11.6. The average Bonchev–Trinajstić information content (AvgIpc) is 2.51. The Bertz CT molecular complexity index is 736. The number of carbonyl (C=O) groups is 1. The fraction of sp³-hybridized carbons (Fsp3) is 0.0667. The molecule has 8 heteroatoms. The zero-order valence-corrected chi connectivity index (χ0v) is 13.8. The summed E-state index contributed by atoms with van der Waals surface area (Å²) in [5.41, 5.74) is 2.91. The molecule has 0 radical (unpaired) electrons. The maximum absolute atomic E-state index is 12.7. The van der Waals surface area contributed by atoms with Gasteiger partial charge >= 0.3 is 0 Å². The molecule has 0 fully saturated rings. The summed E-state index contributed by atoms with van der Waals surface area (Å²) in [5, 5.41) is 4.52. The minimum Gasteiger partial charge on any atom is -0.482 e. The van der Waals surface area contributed by atoms with Crippen molar-refractivity contribution in [2.24, 2.45) is 5.10 Å². The summed E-state index contributed by atoms with van der Waals surface area (Å²) in [6.45, 7) is -0.307. The van der Waals surface area contributed by atoms with Gasteiger partial charge in [0.25, 0.3) is 5.91 Å². The van der Waals surface area contributed by atoms with Gasteiger partial charge in [0.05, 0.1) is 21.3 Å². The lowest BCUT2D eigenvalue weighted by Crippen LogP contribution is -2.24. The summed E-state index contributed by atoms with van der Waals surface area (Å²) in [6, 6.07) is 8.47. The van der Waals surface area contributed by atoms with Gasteiger partial charge in [0.15, 0.2) is 6.61 Å². The summed E-state index contributed by atoms with van der Waals surface area (Å²) < 4.78 is 18.0. The topological polar surface area (TPSA) is 50.7 Å². The fourth-order valence-corrected chi connectivity index (χ4v) is 2.11. The third kappa shape index (κ3) is 5.39. The van der Waals surface area contributed by atoms with Crippen molar-refractivity contribution in [3.05, 3.63) is 62.8 Å². The van der Waals surface area contributed by atoms with Crippen LogP contribution in [-0.4, -0.2) is 18.7 Å². The van der Waals surface area contributed by atoms with Crippen molar-refractivity contribution in [3.63, 3.8) is 0 Å². The molecule has 4 nitrogen and oxygen atoms in total. The lowest BCUT2D eigenvalue weighted by atomic mass is 10.2. The van der Waals surface area contributed by atoms with E-state index in [1.54, 1.807) is 0 Å². The number of rotatable bonds is 5. The van der Waals surface area contributed by atoms with E-state index in [1.165, 1.54) is 42.6 Å². The highest BCUT2D eigenvalue weighted by molar-refractivity contribution is 6.43. The second-order valence-electron chi connectivity index (χ2n) is 4.33. The van der Waals surface area contributed by atoms with Crippen molar-refractivity contribution in [3.8, 4) is 5.75 Å². The standard InChI is InChI=1S/C15H10Cl3FN2O2/c16-11-5-13(18)14(6-12(11)17)23-8-15(22)21-20-7-9-1-3-10(19)4-2-9/h1-7H,8H2,(H,21,22). The molecule has 0 saturated carbocycles. The molecule has 0 saturated heterocycles. The Morgan fingerprint density at radius 2 is 1.78 bits per heavy atom. The van der Waals surface area contributed by atoms with Gasteiger partial charge in [0.2, 0.25) is 0 Å². The maximum Gasteiger partial charge on any atom is 0.277 e. The number of carbonyl (C=O) groups excluding carboxylic acids is 1. The highest BCUT2D eigenvalue weighted by Crippen LogP contribution is 2.33. The van der Waals surface area contributed by atoms with E-state index in [9.17, 15) is 9.18 Å². The largest absolute Gasteiger partial charge is 0.482 e. The van der Waals surface area contributed by atoms with Crippen LogP contribution in [0.5, 0.6) is 5.75 Å². The molecule has 23 heavy (non-hydrogen) atoms. The van der Waals surface area contributed by atoms with Gasteiger partial charge in [-0.1, -0.05) is 46.9 Å². The first kappa shape index (κ1) is 17.5. The lowest BCUT2D eigenvalue weighted by Gasteiger charge is -2.08. The first-order valence-electron chi connectivity index (χ1n) is 6.30. The Morgan fingerprint density at radius 3 is 2.48 bits per heavy atom.